The minimum atomic E-state index is -1.15. The Balaban J connectivity index is 2.60. The van der Waals surface area contributed by atoms with Crippen molar-refractivity contribution in [3.63, 3.8) is 0 Å². The lowest BCUT2D eigenvalue weighted by atomic mass is 10.2. The van der Waals surface area contributed by atoms with Crippen molar-refractivity contribution in [2.45, 2.75) is 6.04 Å². The van der Waals surface area contributed by atoms with E-state index >= 15 is 0 Å². The Labute approximate surface area is 97.5 Å². The lowest BCUT2D eigenvalue weighted by Crippen LogP contribution is -2.56. The fourth-order valence-electron chi connectivity index (χ4n) is 1.43. The van der Waals surface area contributed by atoms with E-state index in [9.17, 15) is 14.4 Å². The lowest BCUT2D eigenvalue weighted by Gasteiger charge is -2.33. The smallest absolute Gasteiger partial charge is 0.331 e. The average Bonchev–Trinajstić information content (AvgIpc) is 2.34. The number of carbonyl (C=O) groups is 3. The van der Waals surface area contributed by atoms with Gasteiger partial charge in [0.25, 0.3) is 0 Å². The maximum atomic E-state index is 11.6. The van der Waals surface area contributed by atoms with Crippen molar-refractivity contribution in [2.75, 3.05) is 33.4 Å². The van der Waals surface area contributed by atoms with E-state index in [0.717, 1.165) is 0 Å². The highest BCUT2D eigenvalue weighted by Gasteiger charge is 2.33. The second kappa shape index (κ2) is 6.04. The van der Waals surface area contributed by atoms with Gasteiger partial charge in [-0.1, -0.05) is 0 Å². The molecule has 0 aromatic carbocycles. The van der Waals surface area contributed by atoms with Crippen LogP contribution >= 0.6 is 0 Å². The van der Waals surface area contributed by atoms with Gasteiger partial charge in [0.1, 0.15) is 6.54 Å². The molecule has 2 amide bonds. The van der Waals surface area contributed by atoms with Crippen LogP contribution in [-0.4, -0.2) is 67.4 Å². The SMILES string of the molecule is COC(=O)C1COCCN1C(=O)NCC(=O)O. The maximum absolute atomic E-state index is 11.6. The van der Waals surface area contributed by atoms with Crippen LogP contribution in [0.5, 0.6) is 0 Å². The van der Waals surface area contributed by atoms with Gasteiger partial charge in [0.15, 0.2) is 6.04 Å². The first-order valence-electron chi connectivity index (χ1n) is 4.98. The van der Waals surface area contributed by atoms with Gasteiger partial charge in [0, 0.05) is 6.54 Å². The van der Waals surface area contributed by atoms with E-state index in [1.807, 2.05) is 0 Å². The van der Waals surface area contributed by atoms with E-state index < -0.39 is 30.6 Å². The Hall–Kier alpha value is -1.83. The Kier molecular flexibility index (Phi) is 4.70. The highest BCUT2D eigenvalue weighted by atomic mass is 16.5. The maximum Gasteiger partial charge on any atom is 0.331 e. The molecule has 2 N–H and O–H groups in total. The number of hydrogen-bond acceptors (Lipinski definition) is 5. The Morgan fingerprint density at radius 1 is 1.53 bits per heavy atom. The number of esters is 1. The van der Waals surface area contributed by atoms with Crippen LogP contribution in [0.3, 0.4) is 0 Å². The number of methoxy groups -OCH3 is 1. The molecule has 1 atom stereocenters. The Morgan fingerprint density at radius 2 is 2.24 bits per heavy atom. The number of aliphatic carboxylic acids is 1. The second-order valence-corrected chi connectivity index (χ2v) is 3.36. The van der Waals surface area contributed by atoms with Crippen LogP contribution < -0.4 is 5.32 Å². The number of amides is 2. The summed E-state index contributed by atoms with van der Waals surface area (Å²) in [5.41, 5.74) is 0. The third kappa shape index (κ3) is 3.59. The van der Waals surface area contributed by atoms with Crippen molar-refractivity contribution >= 4 is 18.0 Å². The molecular weight excluding hydrogens is 232 g/mol. The predicted octanol–water partition coefficient (Wildman–Crippen LogP) is -1.35. The highest BCUT2D eigenvalue weighted by Crippen LogP contribution is 2.08. The highest BCUT2D eigenvalue weighted by molar-refractivity contribution is 5.85. The molecule has 8 nitrogen and oxygen atoms in total. The zero-order chi connectivity index (χ0) is 12.8. The number of carboxylic acids is 1. The van der Waals surface area contributed by atoms with Gasteiger partial charge in [-0.05, 0) is 0 Å². The van der Waals surface area contributed by atoms with E-state index in [0.29, 0.717) is 6.61 Å². The first-order valence-corrected chi connectivity index (χ1v) is 4.98. The molecule has 96 valence electrons. The lowest BCUT2D eigenvalue weighted by molar-refractivity contribution is -0.151. The van der Waals surface area contributed by atoms with E-state index in [2.05, 4.69) is 10.1 Å². The number of carboxylic acid groups (broad SMARTS) is 1. The third-order valence-electron chi connectivity index (χ3n) is 2.25. The summed E-state index contributed by atoms with van der Waals surface area (Å²) in [6.45, 7) is 0.0659. The standard InChI is InChI=1S/C9H14N2O6/c1-16-8(14)6-5-17-3-2-11(6)9(15)10-4-7(12)13/h6H,2-5H2,1H3,(H,10,15)(H,12,13). The van der Waals surface area contributed by atoms with Crippen LogP contribution in [0.15, 0.2) is 0 Å². The summed E-state index contributed by atoms with van der Waals surface area (Å²) in [5.74, 6) is -1.74. The van der Waals surface area contributed by atoms with E-state index in [1.165, 1.54) is 12.0 Å². The number of rotatable bonds is 3. The Morgan fingerprint density at radius 3 is 2.82 bits per heavy atom. The molecule has 17 heavy (non-hydrogen) atoms. The molecule has 1 unspecified atom stereocenters. The fraction of sp³-hybridized carbons (Fsp3) is 0.667. The van der Waals surface area contributed by atoms with Crippen LogP contribution in [0.25, 0.3) is 0 Å². The summed E-state index contributed by atoms with van der Waals surface area (Å²) >= 11 is 0. The normalized spacial score (nSPS) is 19.6. The summed E-state index contributed by atoms with van der Waals surface area (Å²) in [6.07, 6.45) is 0. The van der Waals surface area contributed by atoms with Crippen LogP contribution in [-0.2, 0) is 19.1 Å². The molecule has 1 fully saturated rings. The van der Waals surface area contributed by atoms with E-state index in [4.69, 9.17) is 9.84 Å². The van der Waals surface area contributed by atoms with Crippen molar-refractivity contribution in [1.29, 1.82) is 0 Å². The quantitative estimate of drug-likeness (QED) is 0.597. The van der Waals surface area contributed by atoms with E-state index in [1.54, 1.807) is 0 Å². The fourth-order valence-corrected chi connectivity index (χ4v) is 1.43. The molecule has 1 aliphatic rings. The molecule has 1 saturated heterocycles. The molecule has 1 rings (SSSR count). The number of nitrogens with one attached hydrogen (secondary N) is 1. The van der Waals surface area contributed by atoms with Crippen molar-refractivity contribution < 1.29 is 29.0 Å². The summed E-state index contributed by atoms with van der Waals surface area (Å²) < 4.78 is 9.61. The number of morpholine rings is 1. The minimum Gasteiger partial charge on any atom is -0.480 e. The topological polar surface area (TPSA) is 105 Å². The van der Waals surface area contributed by atoms with Gasteiger partial charge in [-0.2, -0.15) is 0 Å². The van der Waals surface area contributed by atoms with Gasteiger partial charge in [0.2, 0.25) is 0 Å². The molecule has 1 aliphatic heterocycles. The molecular formula is C9H14N2O6. The van der Waals surface area contributed by atoms with Gasteiger partial charge in [-0.15, -0.1) is 0 Å². The summed E-state index contributed by atoms with van der Waals surface area (Å²) in [5, 5.41) is 10.6. The second-order valence-electron chi connectivity index (χ2n) is 3.36. The molecule has 1 heterocycles. The van der Waals surface area contributed by atoms with Crippen molar-refractivity contribution in [1.82, 2.24) is 10.2 Å². The Bertz CT molecular complexity index is 319. The summed E-state index contributed by atoms with van der Waals surface area (Å²) in [6, 6.07) is -1.45. The molecule has 0 bridgehead atoms. The van der Waals surface area contributed by atoms with Gasteiger partial charge in [-0.25, -0.2) is 9.59 Å². The molecule has 0 aromatic rings. The zero-order valence-electron chi connectivity index (χ0n) is 9.34. The predicted molar refractivity (Wildman–Crippen MR) is 54.4 cm³/mol. The number of nitrogens with zero attached hydrogens (tertiary/aromatic N) is 1. The molecule has 0 aromatic heterocycles. The zero-order valence-corrected chi connectivity index (χ0v) is 9.34. The molecule has 0 spiro atoms. The van der Waals surface area contributed by atoms with Crippen LogP contribution in [0.1, 0.15) is 0 Å². The average molecular weight is 246 g/mol. The third-order valence-corrected chi connectivity index (χ3v) is 2.25. The van der Waals surface area contributed by atoms with Crippen molar-refractivity contribution in [3.8, 4) is 0 Å². The molecule has 0 saturated carbocycles. The monoisotopic (exact) mass is 246 g/mol. The van der Waals surface area contributed by atoms with Gasteiger partial charge in [0.05, 0.1) is 20.3 Å². The minimum absolute atomic E-state index is 0.0488. The van der Waals surface area contributed by atoms with Gasteiger partial charge < -0.3 is 24.8 Å². The number of hydrogen-bond donors (Lipinski definition) is 2. The van der Waals surface area contributed by atoms with Gasteiger partial charge in [-0.3, -0.25) is 4.79 Å². The summed E-state index contributed by atoms with van der Waals surface area (Å²) in [4.78, 5) is 34.5. The number of ether oxygens (including phenoxy) is 2. The molecule has 8 heteroatoms. The van der Waals surface area contributed by atoms with Crippen molar-refractivity contribution in [2.24, 2.45) is 0 Å². The van der Waals surface area contributed by atoms with E-state index in [-0.39, 0.29) is 13.2 Å². The number of urea groups is 1. The first-order chi connectivity index (χ1) is 8.06. The first kappa shape index (κ1) is 13.2. The summed E-state index contributed by atoms with van der Waals surface area (Å²) in [7, 11) is 1.21. The van der Waals surface area contributed by atoms with Crippen LogP contribution in [0, 0.1) is 0 Å². The molecule has 0 aliphatic carbocycles. The van der Waals surface area contributed by atoms with Crippen LogP contribution in [0.4, 0.5) is 4.79 Å². The number of carbonyl (C=O) groups excluding carboxylic acids is 2. The molecule has 0 radical (unpaired) electrons. The largest absolute Gasteiger partial charge is 0.480 e. The van der Waals surface area contributed by atoms with Gasteiger partial charge >= 0.3 is 18.0 Å². The van der Waals surface area contributed by atoms with Crippen LogP contribution in [0.2, 0.25) is 0 Å². The van der Waals surface area contributed by atoms with Crippen molar-refractivity contribution in [3.05, 3.63) is 0 Å².